The molecule has 3 heteroatoms. The second kappa shape index (κ2) is 4.67. The summed E-state index contributed by atoms with van der Waals surface area (Å²) in [6.45, 7) is 3.81. The summed E-state index contributed by atoms with van der Waals surface area (Å²) in [4.78, 5) is 0. The van der Waals surface area contributed by atoms with Crippen LogP contribution >= 0.6 is 11.8 Å². The molecular formula is C10H20O2S. The van der Waals surface area contributed by atoms with E-state index in [9.17, 15) is 10.2 Å². The van der Waals surface area contributed by atoms with Gasteiger partial charge in [0.05, 0.1) is 11.7 Å². The molecule has 1 fully saturated rings. The summed E-state index contributed by atoms with van der Waals surface area (Å²) in [6, 6.07) is 0. The topological polar surface area (TPSA) is 40.5 Å². The first-order valence-electron chi connectivity index (χ1n) is 5.05. The lowest BCUT2D eigenvalue weighted by Crippen LogP contribution is -2.29. The van der Waals surface area contributed by atoms with E-state index in [1.165, 1.54) is 0 Å². The van der Waals surface area contributed by atoms with Crippen LogP contribution in [0.3, 0.4) is 0 Å². The molecule has 0 spiro atoms. The van der Waals surface area contributed by atoms with Crippen LogP contribution in [0.1, 0.15) is 39.5 Å². The normalized spacial score (nSPS) is 25.8. The Bertz CT molecular complexity index is 153. The highest BCUT2D eigenvalue weighted by Crippen LogP contribution is 2.33. The van der Waals surface area contributed by atoms with Crippen LogP contribution in [0.2, 0.25) is 0 Å². The molecule has 1 aliphatic rings. The first-order valence-corrected chi connectivity index (χ1v) is 6.10. The molecule has 0 aliphatic heterocycles. The Balaban J connectivity index is 2.24. The maximum atomic E-state index is 10.0. The van der Waals surface area contributed by atoms with Crippen LogP contribution in [0.4, 0.5) is 0 Å². The van der Waals surface area contributed by atoms with Gasteiger partial charge in [-0.05, 0) is 19.8 Å². The average molecular weight is 204 g/mol. The summed E-state index contributed by atoms with van der Waals surface area (Å²) in [5, 5.41) is 19.5. The third-order valence-corrected chi connectivity index (χ3v) is 4.45. The molecule has 0 radical (unpaired) electrons. The first-order chi connectivity index (χ1) is 6.03. The van der Waals surface area contributed by atoms with Crippen molar-refractivity contribution < 1.29 is 10.2 Å². The van der Waals surface area contributed by atoms with Gasteiger partial charge in [-0.15, -0.1) is 0 Å². The molecule has 0 bridgehead atoms. The smallest absolute Gasteiger partial charge is 0.0737 e. The lowest BCUT2D eigenvalue weighted by atomic mass is 10.1. The number of rotatable bonds is 4. The van der Waals surface area contributed by atoms with Crippen molar-refractivity contribution in [2.24, 2.45) is 0 Å². The van der Waals surface area contributed by atoms with E-state index < -0.39 is 5.60 Å². The molecule has 0 heterocycles. The third-order valence-electron chi connectivity index (χ3n) is 2.83. The van der Waals surface area contributed by atoms with E-state index in [-0.39, 0.29) is 11.4 Å². The van der Waals surface area contributed by atoms with Crippen LogP contribution in [-0.2, 0) is 0 Å². The molecule has 0 amide bonds. The van der Waals surface area contributed by atoms with Gasteiger partial charge >= 0.3 is 0 Å². The van der Waals surface area contributed by atoms with Crippen LogP contribution in [0, 0.1) is 0 Å². The highest BCUT2D eigenvalue weighted by Gasteiger charge is 2.31. The quantitative estimate of drug-likeness (QED) is 0.733. The van der Waals surface area contributed by atoms with Crippen LogP contribution in [-0.4, -0.2) is 32.9 Å². The molecule has 0 aromatic rings. The van der Waals surface area contributed by atoms with Crippen molar-refractivity contribution in [1.29, 1.82) is 0 Å². The summed E-state index contributed by atoms with van der Waals surface area (Å²) in [5.74, 6) is 0.777. The number of thioether (sulfide) groups is 1. The minimum absolute atomic E-state index is 0.227. The van der Waals surface area contributed by atoms with Crippen molar-refractivity contribution in [1.82, 2.24) is 0 Å². The van der Waals surface area contributed by atoms with Gasteiger partial charge in [-0.1, -0.05) is 19.8 Å². The van der Waals surface area contributed by atoms with Gasteiger partial charge in [-0.3, -0.25) is 0 Å². The number of aliphatic hydroxyl groups excluding tert-OH is 1. The summed E-state index contributed by atoms with van der Waals surface area (Å²) in [7, 11) is 0. The minimum Gasteiger partial charge on any atom is -0.392 e. The maximum absolute atomic E-state index is 10.0. The van der Waals surface area contributed by atoms with Crippen molar-refractivity contribution in [3.05, 3.63) is 0 Å². The minimum atomic E-state index is -0.437. The van der Waals surface area contributed by atoms with E-state index in [0.717, 1.165) is 31.4 Å². The van der Waals surface area contributed by atoms with E-state index in [2.05, 4.69) is 0 Å². The standard InChI is InChI=1S/C10H20O2S/c1-8(11)9(2)13-7-10(12)5-3-4-6-10/h8-9,11-12H,3-7H2,1-2H3. The molecular weight excluding hydrogens is 184 g/mol. The zero-order valence-electron chi connectivity index (χ0n) is 8.49. The van der Waals surface area contributed by atoms with Crippen LogP contribution in [0.25, 0.3) is 0 Å². The fourth-order valence-electron chi connectivity index (χ4n) is 1.60. The molecule has 1 rings (SSSR count). The van der Waals surface area contributed by atoms with Crippen LogP contribution in [0.5, 0.6) is 0 Å². The highest BCUT2D eigenvalue weighted by atomic mass is 32.2. The molecule has 2 N–H and O–H groups in total. The van der Waals surface area contributed by atoms with E-state index in [4.69, 9.17) is 0 Å². The molecule has 2 nitrogen and oxygen atoms in total. The Morgan fingerprint density at radius 3 is 2.31 bits per heavy atom. The van der Waals surface area contributed by atoms with Gasteiger partial charge in [0.2, 0.25) is 0 Å². The average Bonchev–Trinajstić information content (AvgIpc) is 2.48. The Labute approximate surface area is 84.7 Å². The monoisotopic (exact) mass is 204 g/mol. The predicted octanol–water partition coefficient (Wildman–Crippen LogP) is 1.79. The van der Waals surface area contributed by atoms with Gasteiger partial charge in [0.25, 0.3) is 0 Å². The third kappa shape index (κ3) is 3.49. The van der Waals surface area contributed by atoms with Crippen molar-refractivity contribution in [2.75, 3.05) is 5.75 Å². The fraction of sp³-hybridized carbons (Fsp3) is 1.00. The Hall–Kier alpha value is 0.270. The SMILES string of the molecule is CC(O)C(C)SCC1(O)CCCC1. The molecule has 13 heavy (non-hydrogen) atoms. The van der Waals surface area contributed by atoms with Crippen molar-refractivity contribution in [3.8, 4) is 0 Å². The van der Waals surface area contributed by atoms with Gasteiger partial charge < -0.3 is 10.2 Å². The molecule has 2 atom stereocenters. The Kier molecular flexibility index (Phi) is 4.07. The number of hydrogen-bond acceptors (Lipinski definition) is 3. The second-order valence-electron chi connectivity index (χ2n) is 4.19. The van der Waals surface area contributed by atoms with Gasteiger partial charge in [0.15, 0.2) is 0 Å². The summed E-state index contributed by atoms with van der Waals surface area (Å²) >= 11 is 1.68. The molecule has 2 unspecified atom stereocenters. The highest BCUT2D eigenvalue weighted by molar-refractivity contribution is 8.00. The lowest BCUT2D eigenvalue weighted by Gasteiger charge is -2.24. The predicted molar refractivity (Wildman–Crippen MR) is 57.0 cm³/mol. The molecule has 1 aliphatic carbocycles. The fourth-order valence-corrected chi connectivity index (χ4v) is 2.74. The van der Waals surface area contributed by atoms with Crippen LogP contribution in [0.15, 0.2) is 0 Å². The summed E-state index contributed by atoms with van der Waals surface area (Å²) in [5.41, 5.74) is -0.437. The summed E-state index contributed by atoms with van der Waals surface area (Å²) in [6.07, 6.45) is 3.90. The van der Waals surface area contributed by atoms with E-state index >= 15 is 0 Å². The molecule has 0 saturated heterocycles. The van der Waals surface area contributed by atoms with E-state index in [1.807, 2.05) is 6.92 Å². The maximum Gasteiger partial charge on any atom is 0.0737 e. The van der Waals surface area contributed by atoms with Crippen molar-refractivity contribution >= 4 is 11.8 Å². The number of hydrogen-bond donors (Lipinski definition) is 2. The number of aliphatic hydroxyl groups is 2. The Morgan fingerprint density at radius 1 is 1.31 bits per heavy atom. The lowest BCUT2D eigenvalue weighted by molar-refractivity contribution is 0.0729. The Morgan fingerprint density at radius 2 is 1.85 bits per heavy atom. The second-order valence-corrected chi connectivity index (χ2v) is 5.55. The molecule has 0 aromatic carbocycles. The zero-order valence-corrected chi connectivity index (χ0v) is 9.31. The van der Waals surface area contributed by atoms with Gasteiger partial charge in [-0.2, -0.15) is 11.8 Å². The first kappa shape index (κ1) is 11.3. The molecule has 0 aromatic heterocycles. The summed E-state index contributed by atoms with van der Waals surface area (Å²) < 4.78 is 0. The van der Waals surface area contributed by atoms with E-state index in [0.29, 0.717) is 0 Å². The van der Waals surface area contributed by atoms with Crippen molar-refractivity contribution in [3.63, 3.8) is 0 Å². The molecule has 1 saturated carbocycles. The van der Waals surface area contributed by atoms with Gasteiger partial charge in [0, 0.05) is 11.0 Å². The zero-order chi connectivity index (χ0) is 9.90. The molecule has 78 valence electrons. The van der Waals surface area contributed by atoms with Crippen molar-refractivity contribution in [2.45, 2.75) is 56.5 Å². The van der Waals surface area contributed by atoms with Gasteiger partial charge in [0.1, 0.15) is 0 Å². The van der Waals surface area contributed by atoms with Crippen LogP contribution < -0.4 is 0 Å². The largest absolute Gasteiger partial charge is 0.392 e. The van der Waals surface area contributed by atoms with E-state index in [1.54, 1.807) is 18.7 Å². The van der Waals surface area contributed by atoms with Gasteiger partial charge in [-0.25, -0.2) is 0 Å².